The zero-order valence-corrected chi connectivity index (χ0v) is 60.6. The zero-order valence-electron chi connectivity index (χ0n) is 60.6. The van der Waals surface area contributed by atoms with Gasteiger partial charge in [0.2, 0.25) is 0 Å². The highest BCUT2D eigenvalue weighted by Gasteiger charge is 2.44. The normalized spacial score (nSPS) is 14.0. The molecule has 2 aliphatic rings. The lowest BCUT2D eigenvalue weighted by Gasteiger charge is -2.30. The lowest BCUT2D eigenvalue weighted by atomic mass is 9.72. The first-order valence-corrected chi connectivity index (χ1v) is 37.7. The van der Waals surface area contributed by atoms with E-state index in [2.05, 4.69) is 263 Å². The van der Waals surface area contributed by atoms with Crippen molar-refractivity contribution in [3.05, 3.63) is 361 Å². The van der Waals surface area contributed by atoms with Crippen molar-refractivity contribution in [3.8, 4) is 113 Å². The Balaban J connectivity index is 0.000000140. The van der Waals surface area contributed by atoms with Gasteiger partial charge in [0, 0.05) is 76.5 Å². The van der Waals surface area contributed by atoms with Crippen LogP contribution in [0.25, 0.3) is 189 Å². The fourth-order valence-electron chi connectivity index (χ4n) is 17.9. The molecule has 0 N–H and O–H groups in total. The third-order valence-electron chi connectivity index (χ3n) is 23.2. The Hall–Kier alpha value is -14.0. The maximum Gasteiger partial charge on any atom is 0.164 e. The van der Waals surface area contributed by atoms with Gasteiger partial charge in [-0.1, -0.05) is 287 Å². The van der Waals surface area contributed by atoms with Gasteiger partial charge in [-0.15, -0.1) is 0 Å². The summed E-state index contributed by atoms with van der Waals surface area (Å²) in [5.41, 5.74) is 26.6. The van der Waals surface area contributed by atoms with Crippen LogP contribution in [0.3, 0.4) is 0 Å². The van der Waals surface area contributed by atoms with Crippen LogP contribution in [0.2, 0.25) is 0 Å². The largest absolute Gasteiger partial charge is 0.456 e. The monoisotopic (exact) mass is 1410 g/mol. The van der Waals surface area contributed by atoms with Crippen molar-refractivity contribution in [1.29, 1.82) is 0 Å². The Morgan fingerprint density at radius 3 is 1.24 bits per heavy atom. The van der Waals surface area contributed by atoms with Crippen molar-refractivity contribution in [1.82, 2.24) is 29.9 Å². The molecule has 0 saturated carbocycles. The smallest absolute Gasteiger partial charge is 0.164 e. The van der Waals surface area contributed by atoms with Crippen molar-refractivity contribution >= 4 is 76.6 Å². The van der Waals surface area contributed by atoms with Crippen molar-refractivity contribution < 1.29 is 13.3 Å². The van der Waals surface area contributed by atoms with Crippen LogP contribution < -0.4 is 0 Å². The van der Waals surface area contributed by atoms with Crippen molar-refractivity contribution in [2.45, 2.75) is 44.4 Å². The lowest BCUT2D eigenvalue weighted by Crippen LogP contribution is -2.23. The van der Waals surface area contributed by atoms with Gasteiger partial charge in [-0.2, -0.15) is 0 Å². The molecule has 1 unspecified atom stereocenters. The Kier molecular flexibility index (Phi) is 15.0. The van der Waals surface area contributed by atoms with Crippen LogP contribution in [0.4, 0.5) is 0 Å². The van der Waals surface area contributed by atoms with Crippen molar-refractivity contribution in [3.63, 3.8) is 0 Å². The molecule has 520 valence electrons. The molecule has 0 amide bonds. The quantitative estimate of drug-likeness (QED) is 0.125. The molecule has 5 aromatic heterocycles. The molecule has 9 heteroatoms. The number of furan rings is 3. The van der Waals surface area contributed by atoms with Gasteiger partial charge in [-0.05, 0) is 164 Å². The number of benzene rings is 15. The molecule has 0 saturated heterocycles. The van der Waals surface area contributed by atoms with E-state index in [1.165, 1.54) is 55.5 Å². The van der Waals surface area contributed by atoms with Gasteiger partial charge < -0.3 is 13.3 Å². The number of hydrogen-bond acceptors (Lipinski definition) is 9. The average molecular weight is 1410 g/mol. The molecule has 2 aliphatic carbocycles. The number of fused-ring (bicyclic) bond motifs is 18. The van der Waals surface area contributed by atoms with E-state index in [1.54, 1.807) is 0 Å². The molecule has 0 aliphatic heterocycles. The molecule has 0 spiro atoms. The highest BCUT2D eigenvalue weighted by atomic mass is 16.3. The van der Waals surface area contributed by atoms with Gasteiger partial charge in [0.15, 0.2) is 34.9 Å². The maximum atomic E-state index is 6.60. The first kappa shape index (κ1) is 64.4. The summed E-state index contributed by atoms with van der Waals surface area (Å²) in [6, 6.07) is 117. The molecule has 15 aromatic carbocycles. The van der Waals surface area contributed by atoms with Gasteiger partial charge >= 0.3 is 0 Å². The standard InChI is InChI=1S/C51H33N3O.C50H35N3O2/c1-51(37-20-6-3-7-21-37)43-25-11-10-23-39(43)40-27-29-45-46(47(40)51)42-31-35(26-28-44(42)55-45)34-18-12-19-36(30-34)49-52-48(33-15-4-2-5-16-33)53-50(54-49)41-24-13-17-32-14-8-9-22-38(32)41;1-3-50(4-2)39-21-10-8-18-34(39)35-25-27-43-45(46(35)50)38-29-32(24-26-41(38)55-43)31-16-12-17-33(28-31)48-51-47(30-14-6-5-7-15-30)52-49(53-48)37-20-13-23-42-44(37)36-19-9-11-22-40(36)54-42/h2-31H,1H3;5-29H,3-4H2,1-2H3. The average Bonchev–Trinajstić information content (AvgIpc) is 1.54. The van der Waals surface area contributed by atoms with Crippen LogP contribution in [0.5, 0.6) is 0 Å². The van der Waals surface area contributed by atoms with Crippen LogP contribution in [0, 0.1) is 0 Å². The molecule has 1 atom stereocenters. The van der Waals surface area contributed by atoms with Crippen LogP contribution in [0.15, 0.2) is 347 Å². The van der Waals surface area contributed by atoms with E-state index in [-0.39, 0.29) is 10.8 Å². The zero-order chi connectivity index (χ0) is 73.2. The second kappa shape index (κ2) is 25.6. The summed E-state index contributed by atoms with van der Waals surface area (Å²) in [4.78, 5) is 30.5. The minimum Gasteiger partial charge on any atom is -0.456 e. The number of hydrogen-bond donors (Lipinski definition) is 0. The van der Waals surface area contributed by atoms with Gasteiger partial charge in [0.05, 0.1) is 0 Å². The molecular formula is C101H68N6O3. The molecule has 110 heavy (non-hydrogen) atoms. The molecule has 9 nitrogen and oxygen atoms in total. The van der Waals surface area contributed by atoms with E-state index in [1.807, 2.05) is 91.0 Å². The van der Waals surface area contributed by atoms with E-state index >= 15 is 0 Å². The number of para-hydroxylation sites is 1. The lowest BCUT2D eigenvalue weighted by molar-refractivity contribution is 0.494. The summed E-state index contributed by atoms with van der Waals surface area (Å²) in [7, 11) is 0. The Morgan fingerprint density at radius 2 is 0.627 bits per heavy atom. The molecular weight excluding hydrogens is 1350 g/mol. The molecule has 20 aromatic rings. The predicted octanol–water partition coefficient (Wildman–Crippen LogP) is 26.4. The fourth-order valence-corrected chi connectivity index (χ4v) is 17.9. The minimum absolute atomic E-state index is 0.0713. The number of rotatable bonds is 11. The van der Waals surface area contributed by atoms with E-state index < -0.39 is 0 Å². The second-order valence-corrected chi connectivity index (χ2v) is 29.0. The Morgan fingerprint density at radius 1 is 0.245 bits per heavy atom. The SMILES string of the molecule is CC1(c2ccccc2)c2ccccc2-c2ccc3oc4ccc(-c5cccc(-c6nc(-c7ccccc7)nc(-c7cccc8ccccc78)n6)c5)cc4c3c21.CCC1(CC)c2ccccc2-c2ccc3oc4ccc(-c5cccc(-c6nc(-c7ccccc7)nc(-c7cccc8oc9ccccc9c78)n6)c5)cc4c3c21. The fraction of sp³-hybridized carbons (Fsp3) is 0.0693. The van der Waals surface area contributed by atoms with Crippen molar-refractivity contribution in [2.24, 2.45) is 0 Å². The maximum absolute atomic E-state index is 6.60. The summed E-state index contributed by atoms with van der Waals surface area (Å²) in [6.45, 7) is 7.01. The summed E-state index contributed by atoms with van der Waals surface area (Å²) in [6.07, 6.45) is 2.04. The van der Waals surface area contributed by atoms with E-state index in [0.29, 0.717) is 34.9 Å². The third-order valence-corrected chi connectivity index (χ3v) is 23.2. The highest BCUT2D eigenvalue weighted by molar-refractivity contribution is 6.15. The van der Waals surface area contributed by atoms with Gasteiger partial charge in [0.1, 0.15) is 33.5 Å². The highest BCUT2D eigenvalue weighted by Crippen LogP contribution is 2.58. The predicted molar refractivity (Wildman–Crippen MR) is 447 cm³/mol. The number of aromatic nitrogens is 6. The second-order valence-electron chi connectivity index (χ2n) is 29.0. The van der Waals surface area contributed by atoms with Crippen molar-refractivity contribution in [2.75, 3.05) is 0 Å². The molecule has 22 rings (SSSR count). The number of nitrogens with zero attached hydrogens (tertiary/aromatic N) is 6. The van der Waals surface area contributed by atoms with Crippen LogP contribution in [-0.4, -0.2) is 29.9 Å². The third kappa shape index (κ3) is 10.2. The summed E-state index contributed by atoms with van der Waals surface area (Å²) < 4.78 is 19.4. The van der Waals surface area contributed by atoms with E-state index in [0.717, 1.165) is 140 Å². The van der Waals surface area contributed by atoms with Crippen LogP contribution >= 0.6 is 0 Å². The Labute approximate surface area is 634 Å². The summed E-state index contributed by atoms with van der Waals surface area (Å²) >= 11 is 0. The van der Waals surface area contributed by atoms with Crippen LogP contribution in [-0.2, 0) is 10.8 Å². The van der Waals surface area contributed by atoms with Gasteiger partial charge in [-0.25, -0.2) is 29.9 Å². The van der Waals surface area contributed by atoms with E-state index in [9.17, 15) is 0 Å². The summed E-state index contributed by atoms with van der Waals surface area (Å²) in [5.74, 6) is 3.74. The molecule has 0 radical (unpaired) electrons. The Bertz CT molecular complexity index is 7090. The van der Waals surface area contributed by atoms with E-state index in [4.69, 9.17) is 43.2 Å². The molecule has 0 fully saturated rings. The molecule has 0 bridgehead atoms. The summed E-state index contributed by atoms with van der Waals surface area (Å²) in [5, 5.41) is 8.91. The van der Waals surface area contributed by atoms with Crippen LogP contribution in [0.1, 0.15) is 61.4 Å². The topological polar surface area (TPSA) is 117 Å². The first-order valence-electron chi connectivity index (χ1n) is 37.7. The molecule has 5 heterocycles. The van der Waals surface area contributed by atoms with Gasteiger partial charge in [-0.3, -0.25) is 0 Å². The minimum atomic E-state index is -0.351. The van der Waals surface area contributed by atoms with Gasteiger partial charge in [0.25, 0.3) is 0 Å². The first-order chi connectivity index (χ1) is 54.3.